The number of nitrogens with one attached hydrogen (secondary N) is 1. The van der Waals surface area contributed by atoms with Crippen molar-refractivity contribution in [2.45, 2.75) is 18.7 Å². The molecule has 0 bridgehead atoms. The first kappa shape index (κ1) is 16.9. The average molecular weight is 355 g/mol. The Morgan fingerprint density at radius 3 is 2.65 bits per heavy atom. The lowest BCUT2D eigenvalue weighted by Crippen LogP contribution is -2.28. The van der Waals surface area contributed by atoms with E-state index in [1.165, 1.54) is 13.2 Å². The first-order chi connectivity index (χ1) is 9.27. The van der Waals surface area contributed by atoms with Gasteiger partial charge in [-0.1, -0.05) is 0 Å². The van der Waals surface area contributed by atoms with Gasteiger partial charge in [-0.2, -0.15) is 13.2 Å². The summed E-state index contributed by atoms with van der Waals surface area (Å²) in [7, 11) is 1.41. The van der Waals surface area contributed by atoms with Gasteiger partial charge in [-0.05, 0) is 34.1 Å². The minimum atomic E-state index is -4.47. The standard InChI is InChI=1S/C12H14BrF3N2O2/c1-20-8(6-17)5-11(19)18-10-4-7(12(14,15)16)2-3-9(10)13/h2-4,8H,5-6,17H2,1H3,(H,18,19). The molecule has 1 unspecified atom stereocenters. The first-order valence-corrected chi connectivity index (χ1v) is 6.46. The topological polar surface area (TPSA) is 64.3 Å². The molecule has 0 spiro atoms. The smallest absolute Gasteiger partial charge is 0.380 e. The van der Waals surface area contributed by atoms with Crippen molar-refractivity contribution in [2.75, 3.05) is 19.0 Å². The van der Waals surface area contributed by atoms with Gasteiger partial charge in [-0.25, -0.2) is 0 Å². The molecule has 1 aromatic rings. The van der Waals surface area contributed by atoms with Crippen LogP contribution in [0.3, 0.4) is 0 Å². The van der Waals surface area contributed by atoms with E-state index in [1.807, 2.05) is 0 Å². The maximum absolute atomic E-state index is 12.6. The normalized spacial score (nSPS) is 13.1. The molecule has 112 valence electrons. The average Bonchev–Trinajstić information content (AvgIpc) is 2.37. The largest absolute Gasteiger partial charge is 0.416 e. The van der Waals surface area contributed by atoms with Crippen LogP contribution < -0.4 is 11.1 Å². The molecule has 4 nitrogen and oxygen atoms in total. The monoisotopic (exact) mass is 354 g/mol. The highest BCUT2D eigenvalue weighted by molar-refractivity contribution is 9.10. The van der Waals surface area contributed by atoms with Crippen LogP contribution >= 0.6 is 15.9 Å². The Labute approximate surface area is 122 Å². The van der Waals surface area contributed by atoms with Gasteiger partial charge in [0, 0.05) is 18.1 Å². The van der Waals surface area contributed by atoms with E-state index >= 15 is 0 Å². The third kappa shape index (κ3) is 4.77. The predicted octanol–water partition coefficient (Wildman–Crippen LogP) is 2.77. The van der Waals surface area contributed by atoms with Crippen molar-refractivity contribution in [3.8, 4) is 0 Å². The Balaban J connectivity index is 2.84. The van der Waals surface area contributed by atoms with E-state index in [1.54, 1.807) is 0 Å². The number of alkyl halides is 3. The van der Waals surface area contributed by atoms with E-state index in [9.17, 15) is 18.0 Å². The van der Waals surface area contributed by atoms with Crippen molar-refractivity contribution in [1.29, 1.82) is 0 Å². The fourth-order valence-corrected chi connectivity index (χ4v) is 1.81. The number of benzene rings is 1. The summed E-state index contributed by atoms with van der Waals surface area (Å²) in [5.74, 6) is -0.470. The number of anilines is 1. The van der Waals surface area contributed by atoms with Crippen LogP contribution in [0.1, 0.15) is 12.0 Å². The van der Waals surface area contributed by atoms with Gasteiger partial charge in [0.15, 0.2) is 0 Å². The van der Waals surface area contributed by atoms with E-state index in [0.29, 0.717) is 4.47 Å². The maximum atomic E-state index is 12.6. The van der Waals surface area contributed by atoms with E-state index in [2.05, 4.69) is 21.2 Å². The number of ether oxygens (including phenoxy) is 1. The summed E-state index contributed by atoms with van der Waals surface area (Å²) in [6.07, 6.45) is -4.97. The molecule has 1 aromatic carbocycles. The van der Waals surface area contributed by atoms with E-state index in [4.69, 9.17) is 10.5 Å². The second-order valence-corrected chi connectivity index (χ2v) is 4.89. The minimum absolute atomic E-state index is 0.0321. The molecule has 0 fully saturated rings. The number of halogens is 4. The van der Waals surface area contributed by atoms with Gasteiger partial charge in [0.1, 0.15) is 0 Å². The minimum Gasteiger partial charge on any atom is -0.380 e. The van der Waals surface area contributed by atoms with Crippen LogP contribution in [0.15, 0.2) is 22.7 Å². The zero-order chi connectivity index (χ0) is 15.3. The number of carbonyl (C=O) groups excluding carboxylic acids is 1. The number of carbonyl (C=O) groups is 1. The molecule has 0 aliphatic carbocycles. The molecule has 1 atom stereocenters. The van der Waals surface area contributed by atoms with Gasteiger partial charge in [-0.15, -0.1) is 0 Å². The van der Waals surface area contributed by atoms with Crippen molar-refractivity contribution < 1.29 is 22.7 Å². The van der Waals surface area contributed by atoms with Crippen molar-refractivity contribution in [1.82, 2.24) is 0 Å². The molecule has 1 rings (SSSR count). The van der Waals surface area contributed by atoms with Crippen molar-refractivity contribution >= 4 is 27.5 Å². The molecule has 0 heterocycles. The highest BCUT2D eigenvalue weighted by Gasteiger charge is 2.31. The number of methoxy groups -OCH3 is 1. The Kier molecular flexibility index (Phi) is 5.97. The molecule has 8 heteroatoms. The van der Waals surface area contributed by atoms with Gasteiger partial charge in [0.25, 0.3) is 0 Å². The van der Waals surface area contributed by atoms with E-state index in [0.717, 1.165) is 12.1 Å². The van der Waals surface area contributed by atoms with Gasteiger partial charge in [0.05, 0.1) is 23.8 Å². The zero-order valence-electron chi connectivity index (χ0n) is 10.6. The molecule has 0 saturated carbocycles. The third-order valence-electron chi connectivity index (χ3n) is 2.58. The molecule has 1 amide bonds. The number of rotatable bonds is 5. The summed E-state index contributed by atoms with van der Waals surface area (Å²) >= 11 is 3.09. The molecule has 0 radical (unpaired) electrons. The fraction of sp³-hybridized carbons (Fsp3) is 0.417. The lowest BCUT2D eigenvalue weighted by atomic mass is 10.2. The molecule has 0 aliphatic heterocycles. The molecule has 0 saturated heterocycles. The van der Waals surface area contributed by atoms with Crippen LogP contribution in [0.5, 0.6) is 0 Å². The van der Waals surface area contributed by atoms with Crippen molar-refractivity contribution in [3.63, 3.8) is 0 Å². The van der Waals surface area contributed by atoms with Crippen LogP contribution in [0.4, 0.5) is 18.9 Å². The highest BCUT2D eigenvalue weighted by Crippen LogP contribution is 2.34. The molecule has 20 heavy (non-hydrogen) atoms. The maximum Gasteiger partial charge on any atom is 0.416 e. The summed E-state index contributed by atoms with van der Waals surface area (Å²) in [6.45, 7) is 0.147. The second kappa shape index (κ2) is 7.05. The van der Waals surface area contributed by atoms with Gasteiger partial charge < -0.3 is 15.8 Å². The van der Waals surface area contributed by atoms with Crippen molar-refractivity contribution in [3.05, 3.63) is 28.2 Å². The number of hydrogen-bond acceptors (Lipinski definition) is 3. The summed E-state index contributed by atoms with van der Waals surface area (Å²) in [5, 5.41) is 2.40. The molecular formula is C12H14BrF3N2O2. The lowest BCUT2D eigenvalue weighted by molar-refractivity contribution is -0.137. The highest BCUT2D eigenvalue weighted by atomic mass is 79.9. The summed E-state index contributed by atoms with van der Waals surface area (Å²) in [4.78, 5) is 11.7. The van der Waals surface area contributed by atoms with E-state index < -0.39 is 23.8 Å². The molecule has 0 aliphatic rings. The quantitative estimate of drug-likeness (QED) is 0.854. The predicted molar refractivity (Wildman–Crippen MR) is 72.2 cm³/mol. The Bertz CT molecular complexity index is 476. The summed E-state index contributed by atoms with van der Waals surface area (Å²) < 4.78 is 43.1. The second-order valence-electron chi connectivity index (χ2n) is 4.04. The summed E-state index contributed by atoms with van der Waals surface area (Å²) in [5.41, 5.74) is 4.59. The van der Waals surface area contributed by atoms with Crippen LogP contribution in [0, 0.1) is 0 Å². The number of amides is 1. The summed E-state index contributed by atoms with van der Waals surface area (Å²) in [6, 6.07) is 3.03. The van der Waals surface area contributed by atoms with Gasteiger partial charge >= 0.3 is 6.18 Å². The van der Waals surface area contributed by atoms with Gasteiger partial charge in [-0.3, -0.25) is 4.79 Å². The zero-order valence-corrected chi connectivity index (χ0v) is 12.2. The van der Waals surface area contributed by atoms with Crippen LogP contribution in [-0.2, 0) is 15.7 Å². The lowest BCUT2D eigenvalue weighted by Gasteiger charge is -2.14. The van der Waals surface area contributed by atoms with Crippen LogP contribution in [-0.4, -0.2) is 25.7 Å². The van der Waals surface area contributed by atoms with Crippen LogP contribution in [0.25, 0.3) is 0 Å². The third-order valence-corrected chi connectivity index (χ3v) is 3.27. The Morgan fingerprint density at radius 1 is 1.50 bits per heavy atom. The number of hydrogen-bond donors (Lipinski definition) is 2. The first-order valence-electron chi connectivity index (χ1n) is 5.67. The Morgan fingerprint density at radius 2 is 2.15 bits per heavy atom. The molecule has 0 aromatic heterocycles. The molecule has 3 N–H and O–H groups in total. The van der Waals surface area contributed by atoms with Crippen LogP contribution in [0.2, 0.25) is 0 Å². The van der Waals surface area contributed by atoms with Crippen molar-refractivity contribution in [2.24, 2.45) is 5.73 Å². The Hall–Kier alpha value is -1.12. The van der Waals surface area contributed by atoms with E-state index in [-0.39, 0.29) is 18.7 Å². The number of nitrogens with two attached hydrogens (primary N) is 1. The SMILES string of the molecule is COC(CN)CC(=O)Nc1cc(C(F)(F)F)ccc1Br. The van der Waals surface area contributed by atoms with Gasteiger partial charge in [0.2, 0.25) is 5.91 Å². The fourth-order valence-electron chi connectivity index (χ4n) is 1.47. The molecular weight excluding hydrogens is 341 g/mol.